The molecule has 0 aromatic carbocycles. The third-order valence-electron chi connectivity index (χ3n) is 2.64. The molecule has 19 heavy (non-hydrogen) atoms. The number of aryl methyl sites for hydroxylation is 1. The molecule has 8 heteroatoms. The number of aromatic nitrogens is 4. The van der Waals surface area contributed by atoms with Crippen molar-refractivity contribution in [3.63, 3.8) is 0 Å². The summed E-state index contributed by atoms with van der Waals surface area (Å²) in [6, 6.07) is 1.74. The molecular weight excluding hydrogens is 266 g/mol. The second-order valence-corrected chi connectivity index (χ2v) is 5.97. The molecule has 0 spiro atoms. The van der Waals surface area contributed by atoms with Gasteiger partial charge >= 0.3 is 0 Å². The number of fused-ring (bicyclic) bond motifs is 1. The van der Waals surface area contributed by atoms with Gasteiger partial charge in [-0.25, -0.2) is 22.6 Å². The molecule has 0 amide bonds. The van der Waals surface area contributed by atoms with Crippen molar-refractivity contribution in [2.45, 2.75) is 38.3 Å². The zero-order valence-corrected chi connectivity index (χ0v) is 11.8. The van der Waals surface area contributed by atoms with Gasteiger partial charge in [0.15, 0.2) is 0 Å². The third-order valence-corrected chi connectivity index (χ3v) is 3.88. The largest absolute Gasteiger partial charge is 0.284 e. The fourth-order valence-electron chi connectivity index (χ4n) is 1.61. The van der Waals surface area contributed by atoms with Crippen LogP contribution in [-0.4, -0.2) is 34.5 Å². The topological polar surface area (TPSA) is 89.2 Å². The third kappa shape index (κ3) is 3.27. The van der Waals surface area contributed by atoms with Gasteiger partial charge in [0.05, 0.1) is 0 Å². The van der Waals surface area contributed by atoms with Crippen LogP contribution < -0.4 is 4.72 Å². The Balaban J connectivity index is 2.18. The molecule has 2 aromatic rings. The van der Waals surface area contributed by atoms with E-state index in [1.165, 1.54) is 4.52 Å². The Labute approximate surface area is 112 Å². The second-order valence-electron chi connectivity index (χ2n) is 4.31. The maximum Gasteiger partial charge on any atom is 0.284 e. The fraction of sp³-hybridized carbons (Fsp3) is 0.545. The predicted octanol–water partition coefficient (Wildman–Crippen LogP) is 0.901. The Bertz CT molecular complexity index is 665. The lowest BCUT2D eigenvalue weighted by Gasteiger charge is -2.01. The van der Waals surface area contributed by atoms with Crippen LogP contribution in [0.5, 0.6) is 0 Å². The monoisotopic (exact) mass is 283 g/mol. The van der Waals surface area contributed by atoms with Gasteiger partial charge in [0.25, 0.3) is 21.0 Å². The Morgan fingerprint density at radius 1 is 1.32 bits per heavy atom. The van der Waals surface area contributed by atoms with Gasteiger partial charge in [-0.2, -0.15) is 4.98 Å². The Kier molecular flexibility index (Phi) is 4.11. The Morgan fingerprint density at radius 2 is 2.11 bits per heavy atom. The molecule has 2 heterocycles. The smallest absolute Gasteiger partial charge is 0.216 e. The molecule has 0 radical (unpaired) electrons. The number of nitrogens with zero attached hydrogens (tertiary/aromatic N) is 4. The molecule has 0 atom stereocenters. The van der Waals surface area contributed by atoms with Gasteiger partial charge in [-0.1, -0.05) is 19.8 Å². The molecule has 2 aromatic heterocycles. The van der Waals surface area contributed by atoms with Crippen molar-refractivity contribution in [3.05, 3.63) is 18.0 Å². The molecule has 104 valence electrons. The van der Waals surface area contributed by atoms with E-state index in [9.17, 15) is 8.42 Å². The zero-order valence-electron chi connectivity index (χ0n) is 11.0. The summed E-state index contributed by atoms with van der Waals surface area (Å²) in [6.07, 6.45) is 4.47. The highest BCUT2D eigenvalue weighted by molar-refractivity contribution is 7.89. The predicted molar refractivity (Wildman–Crippen MR) is 70.2 cm³/mol. The number of nitrogens with one attached hydrogen (secondary N) is 1. The van der Waals surface area contributed by atoms with Crippen LogP contribution in [0, 0.1) is 6.92 Å². The molecule has 0 unspecified atom stereocenters. The van der Waals surface area contributed by atoms with Crippen LogP contribution in [-0.2, 0) is 10.0 Å². The van der Waals surface area contributed by atoms with Crippen LogP contribution in [0.4, 0.5) is 0 Å². The summed E-state index contributed by atoms with van der Waals surface area (Å²) >= 11 is 0. The first-order valence-electron chi connectivity index (χ1n) is 6.22. The van der Waals surface area contributed by atoms with Crippen LogP contribution in [0.25, 0.3) is 5.78 Å². The van der Waals surface area contributed by atoms with Gasteiger partial charge in [0.2, 0.25) is 0 Å². The van der Waals surface area contributed by atoms with Crippen LogP contribution >= 0.6 is 0 Å². The quantitative estimate of drug-likeness (QED) is 0.796. The lowest BCUT2D eigenvalue weighted by atomic mass is 10.3. The van der Waals surface area contributed by atoms with Crippen molar-refractivity contribution in [2.24, 2.45) is 0 Å². The van der Waals surface area contributed by atoms with Gasteiger partial charge in [-0.3, -0.25) is 0 Å². The van der Waals surface area contributed by atoms with Crippen molar-refractivity contribution >= 4 is 15.8 Å². The van der Waals surface area contributed by atoms with E-state index >= 15 is 0 Å². The molecule has 2 rings (SSSR count). The zero-order chi connectivity index (χ0) is 13.9. The summed E-state index contributed by atoms with van der Waals surface area (Å²) in [7, 11) is -3.65. The molecule has 0 bridgehead atoms. The Hall–Kier alpha value is -1.54. The van der Waals surface area contributed by atoms with E-state index in [-0.39, 0.29) is 10.9 Å². The van der Waals surface area contributed by atoms with Crippen molar-refractivity contribution in [1.82, 2.24) is 24.3 Å². The number of hydrogen-bond acceptors (Lipinski definition) is 5. The number of unbranched alkanes of at least 4 members (excludes halogenated alkanes) is 2. The summed E-state index contributed by atoms with van der Waals surface area (Å²) in [5.41, 5.74) is 0.764. The van der Waals surface area contributed by atoms with Gasteiger partial charge in [0, 0.05) is 18.4 Å². The van der Waals surface area contributed by atoms with Crippen LogP contribution in [0.3, 0.4) is 0 Å². The molecule has 0 saturated carbocycles. The highest BCUT2D eigenvalue weighted by atomic mass is 32.2. The summed E-state index contributed by atoms with van der Waals surface area (Å²) in [6.45, 7) is 4.27. The lowest BCUT2D eigenvalue weighted by molar-refractivity contribution is 0.567. The molecular formula is C11H17N5O2S. The second kappa shape index (κ2) is 5.62. The van der Waals surface area contributed by atoms with Crippen molar-refractivity contribution in [1.29, 1.82) is 0 Å². The molecule has 0 fully saturated rings. The van der Waals surface area contributed by atoms with Gasteiger partial charge in [-0.05, 0) is 19.4 Å². The highest BCUT2D eigenvalue weighted by Crippen LogP contribution is 2.05. The highest BCUT2D eigenvalue weighted by Gasteiger charge is 2.20. The molecule has 0 aliphatic heterocycles. The maximum atomic E-state index is 12.0. The van der Waals surface area contributed by atoms with Gasteiger partial charge in [0.1, 0.15) is 0 Å². The average molecular weight is 283 g/mol. The van der Waals surface area contributed by atoms with Crippen molar-refractivity contribution < 1.29 is 8.42 Å². The fourth-order valence-corrected chi connectivity index (χ4v) is 2.55. The lowest BCUT2D eigenvalue weighted by Crippen LogP contribution is -2.25. The first kappa shape index (κ1) is 13.9. The summed E-state index contributed by atoms with van der Waals surface area (Å²) < 4.78 is 27.8. The minimum atomic E-state index is -3.65. The SMILES string of the molecule is CCCCCNS(=O)(=O)c1nc2nc(C)ccn2n1. The van der Waals surface area contributed by atoms with Crippen LogP contribution in [0.2, 0.25) is 0 Å². The van der Waals surface area contributed by atoms with E-state index in [0.717, 1.165) is 25.0 Å². The minimum absolute atomic E-state index is 0.234. The first-order chi connectivity index (χ1) is 9.03. The van der Waals surface area contributed by atoms with Gasteiger partial charge < -0.3 is 0 Å². The van der Waals surface area contributed by atoms with Crippen molar-refractivity contribution in [3.8, 4) is 0 Å². The van der Waals surface area contributed by atoms with E-state index in [1.54, 1.807) is 12.3 Å². The van der Waals surface area contributed by atoms with E-state index in [0.29, 0.717) is 6.54 Å². The normalized spacial score (nSPS) is 12.1. The molecule has 0 aliphatic rings. The van der Waals surface area contributed by atoms with Gasteiger partial charge in [-0.15, -0.1) is 5.10 Å². The molecule has 1 N–H and O–H groups in total. The molecule has 0 saturated heterocycles. The Morgan fingerprint density at radius 3 is 2.84 bits per heavy atom. The van der Waals surface area contributed by atoms with Crippen LogP contribution in [0.1, 0.15) is 31.9 Å². The van der Waals surface area contributed by atoms with Crippen LogP contribution in [0.15, 0.2) is 17.4 Å². The summed E-state index contributed by atoms with van der Waals surface area (Å²) in [5, 5.41) is 3.68. The molecule has 7 nitrogen and oxygen atoms in total. The number of rotatable bonds is 6. The summed E-state index contributed by atoms with van der Waals surface area (Å²) in [4.78, 5) is 8.05. The van der Waals surface area contributed by atoms with E-state index < -0.39 is 10.0 Å². The number of sulfonamides is 1. The molecule has 0 aliphatic carbocycles. The van der Waals surface area contributed by atoms with E-state index in [4.69, 9.17) is 0 Å². The minimum Gasteiger partial charge on any atom is -0.216 e. The standard InChI is InChI=1S/C11H17N5O2S/c1-3-4-5-7-12-19(17,18)11-14-10-13-9(2)6-8-16(10)15-11/h6,8,12H,3-5,7H2,1-2H3. The maximum absolute atomic E-state index is 12.0. The average Bonchev–Trinajstić information content (AvgIpc) is 2.78. The van der Waals surface area contributed by atoms with Crippen molar-refractivity contribution in [2.75, 3.05) is 6.54 Å². The summed E-state index contributed by atoms with van der Waals surface area (Å²) in [5.74, 6) is 0.286. The van der Waals surface area contributed by atoms with E-state index in [1.807, 2.05) is 6.92 Å². The van der Waals surface area contributed by atoms with E-state index in [2.05, 4.69) is 26.7 Å². The number of hydrogen-bond donors (Lipinski definition) is 1. The first-order valence-corrected chi connectivity index (χ1v) is 7.71.